The number of carboxylic acids is 1. The van der Waals surface area contributed by atoms with E-state index in [1.54, 1.807) is 4.90 Å². The first-order valence-corrected chi connectivity index (χ1v) is 11.5. The fraction of sp³-hybridized carbons (Fsp3) is 0.423. The normalized spacial score (nSPS) is 18.0. The summed E-state index contributed by atoms with van der Waals surface area (Å²) in [6, 6.07) is 16.3. The van der Waals surface area contributed by atoms with Crippen LogP contribution in [0.4, 0.5) is 4.79 Å². The zero-order valence-corrected chi connectivity index (χ0v) is 19.0. The van der Waals surface area contributed by atoms with Gasteiger partial charge in [-0.05, 0) is 34.6 Å². The fourth-order valence-electron chi connectivity index (χ4n) is 4.85. The first-order valence-electron chi connectivity index (χ1n) is 11.5. The molecule has 2 N–H and O–H groups in total. The van der Waals surface area contributed by atoms with Gasteiger partial charge in [0.15, 0.2) is 0 Å². The van der Waals surface area contributed by atoms with Gasteiger partial charge in [0.2, 0.25) is 5.91 Å². The minimum atomic E-state index is -0.872. The molecular formula is C26H30N2O5. The SMILES string of the molecule is CC(C)C(CNC(=O)OCC1c2ccccc2-c2ccccc21)C(=O)N1CCC(C(=O)O)C1. The Morgan fingerprint density at radius 2 is 1.67 bits per heavy atom. The number of carbonyl (C=O) groups excluding carboxylic acids is 2. The number of aliphatic carboxylic acids is 1. The monoisotopic (exact) mass is 450 g/mol. The van der Waals surface area contributed by atoms with Gasteiger partial charge in [-0.25, -0.2) is 4.79 Å². The number of hydrogen-bond acceptors (Lipinski definition) is 4. The molecule has 2 aliphatic rings. The van der Waals surface area contributed by atoms with Crippen LogP contribution in [0, 0.1) is 17.8 Å². The van der Waals surface area contributed by atoms with Gasteiger partial charge >= 0.3 is 12.1 Å². The summed E-state index contributed by atoms with van der Waals surface area (Å²) < 4.78 is 5.57. The number of ether oxygens (including phenoxy) is 1. The van der Waals surface area contributed by atoms with Crippen LogP contribution in [0.15, 0.2) is 48.5 Å². The van der Waals surface area contributed by atoms with E-state index in [0.29, 0.717) is 13.0 Å². The van der Waals surface area contributed by atoms with Gasteiger partial charge in [0, 0.05) is 25.6 Å². The standard InChI is InChI=1S/C26H30N2O5/c1-16(2)22(24(29)28-12-11-17(14-28)25(30)31)13-27-26(32)33-15-23-20-9-5-3-7-18(20)19-8-4-6-10-21(19)23/h3-10,16-17,22-23H,11-15H2,1-2H3,(H,27,32)(H,30,31). The van der Waals surface area contributed by atoms with Crippen LogP contribution in [0.5, 0.6) is 0 Å². The van der Waals surface area contributed by atoms with Gasteiger partial charge in [-0.15, -0.1) is 0 Å². The third-order valence-electron chi connectivity index (χ3n) is 6.78. The molecule has 7 heteroatoms. The first kappa shape index (κ1) is 22.8. The third kappa shape index (κ3) is 4.72. The van der Waals surface area contributed by atoms with E-state index in [4.69, 9.17) is 4.74 Å². The summed E-state index contributed by atoms with van der Waals surface area (Å²) in [5.74, 6) is -1.97. The van der Waals surface area contributed by atoms with Crippen molar-refractivity contribution in [3.8, 4) is 11.1 Å². The van der Waals surface area contributed by atoms with Gasteiger partial charge in [0.05, 0.1) is 11.8 Å². The van der Waals surface area contributed by atoms with Crippen molar-refractivity contribution in [1.29, 1.82) is 0 Å². The van der Waals surface area contributed by atoms with Crippen LogP contribution >= 0.6 is 0 Å². The Hall–Kier alpha value is -3.35. The maximum Gasteiger partial charge on any atom is 0.407 e. The highest BCUT2D eigenvalue weighted by atomic mass is 16.5. The minimum Gasteiger partial charge on any atom is -0.481 e. The molecule has 1 saturated heterocycles. The number of carboxylic acid groups (broad SMARTS) is 1. The summed E-state index contributed by atoms with van der Waals surface area (Å²) in [7, 11) is 0. The molecule has 4 rings (SSSR count). The van der Waals surface area contributed by atoms with Gasteiger partial charge < -0.3 is 20.1 Å². The average molecular weight is 451 g/mol. The number of rotatable bonds is 7. The lowest BCUT2D eigenvalue weighted by Gasteiger charge is -2.26. The predicted octanol–water partition coefficient (Wildman–Crippen LogP) is 3.73. The van der Waals surface area contributed by atoms with Crippen molar-refractivity contribution in [3.05, 3.63) is 59.7 Å². The summed E-state index contributed by atoms with van der Waals surface area (Å²) >= 11 is 0. The number of hydrogen-bond donors (Lipinski definition) is 2. The largest absolute Gasteiger partial charge is 0.481 e. The molecular weight excluding hydrogens is 420 g/mol. The van der Waals surface area contributed by atoms with Crippen molar-refractivity contribution in [2.24, 2.45) is 17.8 Å². The number of benzene rings is 2. The van der Waals surface area contributed by atoms with Gasteiger partial charge in [0.1, 0.15) is 6.61 Å². The quantitative estimate of drug-likeness (QED) is 0.670. The lowest BCUT2D eigenvalue weighted by atomic mass is 9.94. The lowest BCUT2D eigenvalue weighted by molar-refractivity contribution is -0.141. The maximum atomic E-state index is 13.0. The smallest absolute Gasteiger partial charge is 0.407 e. The summed E-state index contributed by atoms with van der Waals surface area (Å²) in [5, 5.41) is 11.9. The molecule has 2 aromatic rings. The zero-order valence-electron chi connectivity index (χ0n) is 19.0. The van der Waals surface area contributed by atoms with E-state index < -0.39 is 23.9 Å². The van der Waals surface area contributed by atoms with E-state index >= 15 is 0 Å². The molecule has 0 aromatic heterocycles. The van der Waals surface area contributed by atoms with Gasteiger partial charge in [-0.3, -0.25) is 9.59 Å². The molecule has 2 amide bonds. The van der Waals surface area contributed by atoms with Gasteiger partial charge in [-0.2, -0.15) is 0 Å². The molecule has 1 aliphatic heterocycles. The molecule has 0 saturated carbocycles. The van der Waals surface area contributed by atoms with Crippen LogP contribution in [0.1, 0.15) is 37.3 Å². The molecule has 33 heavy (non-hydrogen) atoms. The van der Waals surface area contributed by atoms with Crippen molar-refractivity contribution in [2.75, 3.05) is 26.2 Å². The van der Waals surface area contributed by atoms with Crippen molar-refractivity contribution in [2.45, 2.75) is 26.2 Å². The Labute approximate surface area is 193 Å². The van der Waals surface area contributed by atoms with E-state index in [0.717, 1.165) is 22.3 Å². The number of nitrogens with one attached hydrogen (secondary N) is 1. The minimum absolute atomic E-state index is 0.00439. The summed E-state index contributed by atoms with van der Waals surface area (Å²) in [6.45, 7) is 4.87. The molecule has 2 atom stereocenters. The van der Waals surface area contributed by atoms with Gasteiger partial charge in [0.25, 0.3) is 0 Å². The molecule has 7 nitrogen and oxygen atoms in total. The van der Waals surface area contributed by atoms with E-state index in [-0.39, 0.29) is 37.4 Å². The van der Waals surface area contributed by atoms with Crippen LogP contribution in [0.2, 0.25) is 0 Å². The van der Waals surface area contributed by atoms with Crippen LogP contribution in [0.3, 0.4) is 0 Å². The fourth-order valence-corrected chi connectivity index (χ4v) is 4.85. The van der Waals surface area contributed by atoms with Crippen molar-refractivity contribution in [3.63, 3.8) is 0 Å². The molecule has 1 aliphatic carbocycles. The third-order valence-corrected chi connectivity index (χ3v) is 6.78. The highest BCUT2D eigenvalue weighted by Crippen LogP contribution is 2.44. The number of nitrogens with zero attached hydrogens (tertiary/aromatic N) is 1. The van der Waals surface area contributed by atoms with Crippen molar-refractivity contribution < 1.29 is 24.2 Å². The number of fused-ring (bicyclic) bond motifs is 3. The predicted molar refractivity (Wildman–Crippen MR) is 124 cm³/mol. The second kappa shape index (κ2) is 9.65. The highest BCUT2D eigenvalue weighted by Gasteiger charge is 2.35. The molecule has 2 unspecified atom stereocenters. The molecule has 1 heterocycles. The molecule has 0 bridgehead atoms. The number of alkyl carbamates (subject to hydrolysis) is 1. The highest BCUT2D eigenvalue weighted by molar-refractivity contribution is 5.82. The number of likely N-dealkylation sites (tertiary alicyclic amines) is 1. The van der Waals surface area contributed by atoms with Crippen LogP contribution < -0.4 is 5.32 Å². The zero-order chi connectivity index (χ0) is 23.5. The lowest BCUT2D eigenvalue weighted by Crippen LogP contribution is -2.43. The van der Waals surface area contributed by atoms with Gasteiger partial charge in [-0.1, -0.05) is 62.4 Å². The molecule has 174 valence electrons. The maximum absolute atomic E-state index is 13.0. The van der Waals surface area contributed by atoms with Crippen molar-refractivity contribution >= 4 is 18.0 Å². The second-order valence-electron chi connectivity index (χ2n) is 9.17. The number of amides is 2. The second-order valence-corrected chi connectivity index (χ2v) is 9.17. The summed E-state index contributed by atoms with van der Waals surface area (Å²) in [5.41, 5.74) is 4.61. The molecule has 2 aromatic carbocycles. The average Bonchev–Trinajstić information content (AvgIpc) is 3.41. The summed E-state index contributed by atoms with van der Waals surface area (Å²) in [4.78, 5) is 38.3. The Kier molecular flexibility index (Phi) is 6.67. The van der Waals surface area contributed by atoms with E-state index in [2.05, 4.69) is 29.6 Å². The topological polar surface area (TPSA) is 95.9 Å². The first-order chi connectivity index (χ1) is 15.9. The van der Waals surface area contributed by atoms with Crippen LogP contribution in [-0.2, 0) is 14.3 Å². The van der Waals surface area contributed by atoms with Crippen LogP contribution in [0.25, 0.3) is 11.1 Å². The summed E-state index contributed by atoms with van der Waals surface area (Å²) in [6.07, 6.45) is -0.0914. The molecule has 0 spiro atoms. The Bertz CT molecular complexity index is 1000. The van der Waals surface area contributed by atoms with E-state index in [9.17, 15) is 19.5 Å². The number of carbonyl (C=O) groups is 3. The van der Waals surface area contributed by atoms with Crippen molar-refractivity contribution in [1.82, 2.24) is 10.2 Å². The molecule has 0 radical (unpaired) electrons. The Morgan fingerprint density at radius 3 is 2.21 bits per heavy atom. The Morgan fingerprint density at radius 1 is 1.06 bits per heavy atom. The molecule has 1 fully saturated rings. The van der Waals surface area contributed by atoms with E-state index in [1.165, 1.54) is 0 Å². The van der Waals surface area contributed by atoms with E-state index in [1.807, 2.05) is 38.1 Å². The van der Waals surface area contributed by atoms with Crippen LogP contribution in [-0.4, -0.2) is 54.2 Å². The Balaban J connectivity index is 1.34.